The van der Waals surface area contributed by atoms with Gasteiger partial charge in [0.15, 0.2) is 0 Å². The molecule has 1 atom stereocenters. The molecule has 17 heavy (non-hydrogen) atoms. The number of alkyl halides is 1. The Labute approximate surface area is 98.2 Å². The second-order valence-corrected chi connectivity index (χ2v) is 3.66. The smallest absolute Gasteiger partial charge is 0.356 e. The molecule has 1 N–H and O–H groups in total. The molecule has 1 aliphatic carbocycles. The second kappa shape index (κ2) is 4.95. The minimum Gasteiger partial charge on any atom is -0.461 e. The average Bonchev–Trinajstić information content (AvgIpc) is 2.80. The molecule has 1 aromatic rings. The average molecular weight is 236 g/mol. The fraction of sp³-hybridized carbons (Fsp3) is 0.333. The van der Waals surface area contributed by atoms with E-state index in [1.54, 1.807) is 25.1 Å². The van der Waals surface area contributed by atoms with Gasteiger partial charge in [-0.3, -0.25) is 5.10 Å². The summed E-state index contributed by atoms with van der Waals surface area (Å²) in [6, 6.07) is 1.60. The van der Waals surface area contributed by atoms with Gasteiger partial charge in [-0.1, -0.05) is 12.2 Å². The van der Waals surface area contributed by atoms with E-state index in [0.29, 0.717) is 24.4 Å². The van der Waals surface area contributed by atoms with Crippen LogP contribution in [0.15, 0.2) is 24.3 Å². The van der Waals surface area contributed by atoms with Crippen molar-refractivity contribution in [3.8, 4) is 0 Å². The molecule has 1 aliphatic rings. The van der Waals surface area contributed by atoms with Crippen LogP contribution in [0, 0.1) is 0 Å². The van der Waals surface area contributed by atoms with Crippen LogP contribution in [-0.2, 0) is 4.74 Å². The van der Waals surface area contributed by atoms with E-state index in [1.807, 2.05) is 0 Å². The van der Waals surface area contributed by atoms with Gasteiger partial charge < -0.3 is 4.74 Å². The number of carbonyl (C=O) groups excluding carboxylic acids is 1. The molecule has 0 aromatic carbocycles. The van der Waals surface area contributed by atoms with E-state index in [4.69, 9.17) is 4.74 Å². The quantitative estimate of drug-likeness (QED) is 0.819. The van der Waals surface area contributed by atoms with Crippen molar-refractivity contribution in [3.05, 3.63) is 35.7 Å². The Kier molecular flexibility index (Phi) is 3.37. The van der Waals surface area contributed by atoms with Crippen molar-refractivity contribution in [2.45, 2.75) is 19.5 Å². The maximum Gasteiger partial charge on any atom is 0.356 e. The zero-order chi connectivity index (χ0) is 12.3. The van der Waals surface area contributed by atoms with Crippen LogP contribution in [0.25, 0.3) is 5.57 Å². The fourth-order valence-electron chi connectivity index (χ4n) is 1.57. The van der Waals surface area contributed by atoms with Crippen molar-refractivity contribution < 1.29 is 13.9 Å². The third kappa shape index (κ3) is 2.61. The van der Waals surface area contributed by atoms with Gasteiger partial charge in [-0.25, -0.2) is 9.18 Å². The van der Waals surface area contributed by atoms with Gasteiger partial charge in [0.1, 0.15) is 11.9 Å². The number of hydrogen-bond acceptors (Lipinski definition) is 3. The second-order valence-electron chi connectivity index (χ2n) is 3.66. The van der Waals surface area contributed by atoms with Crippen molar-refractivity contribution in [2.24, 2.45) is 0 Å². The van der Waals surface area contributed by atoms with Crippen LogP contribution in [0.1, 0.15) is 29.5 Å². The Hall–Kier alpha value is -1.91. The van der Waals surface area contributed by atoms with E-state index in [1.165, 1.54) is 6.08 Å². The van der Waals surface area contributed by atoms with Crippen molar-refractivity contribution in [1.82, 2.24) is 10.2 Å². The molecule has 0 aliphatic heterocycles. The summed E-state index contributed by atoms with van der Waals surface area (Å²) in [5, 5.41) is 6.61. The molecule has 0 fully saturated rings. The molecule has 2 rings (SSSR count). The molecule has 4 nitrogen and oxygen atoms in total. The first-order valence-corrected chi connectivity index (χ1v) is 5.46. The van der Waals surface area contributed by atoms with Crippen LogP contribution in [0.3, 0.4) is 0 Å². The lowest BCUT2D eigenvalue weighted by molar-refractivity contribution is 0.0519. The highest BCUT2D eigenvalue weighted by Gasteiger charge is 2.14. The highest BCUT2D eigenvalue weighted by Crippen LogP contribution is 2.21. The van der Waals surface area contributed by atoms with Crippen molar-refractivity contribution >= 4 is 11.5 Å². The highest BCUT2D eigenvalue weighted by molar-refractivity contribution is 5.88. The van der Waals surface area contributed by atoms with Gasteiger partial charge in [-0.05, 0) is 24.6 Å². The van der Waals surface area contributed by atoms with Gasteiger partial charge >= 0.3 is 5.97 Å². The minimum absolute atomic E-state index is 0.304. The van der Waals surface area contributed by atoms with Gasteiger partial charge in [0.05, 0.1) is 12.3 Å². The number of aromatic amines is 1. The summed E-state index contributed by atoms with van der Waals surface area (Å²) in [6.45, 7) is 2.06. The number of nitrogens with zero attached hydrogens (tertiary/aromatic N) is 1. The van der Waals surface area contributed by atoms with E-state index in [2.05, 4.69) is 10.2 Å². The van der Waals surface area contributed by atoms with E-state index in [0.717, 1.165) is 5.57 Å². The minimum atomic E-state index is -0.929. The highest BCUT2D eigenvalue weighted by atomic mass is 19.1. The molecule has 5 heteroatoms. The van der Waals surface area contributed by atoms with E-state index < -0.39 is 12.1 Å². The molecule has 0 radical (unpaired) electrons. The molecule has 0 amide bonds. The van der Waals surface area contributed by atoms with E-state index in [9.17, 15) is 9.18 Å². The summed E-state index contributed by atoms with van der Waals surface area (Å²) in [5.41, 5.74) is 1.74. The third-order valence-corrected chi connectivity index (χ3v) is 2.42. The molecule has 1 unspecified atom stereocenters. The van der Waals surface area contributed by atoms with E-state index in [-0.39, 0.29) is 0 Å². The first kappa shape index (κ1) is 11.6. The summed E-state index contributed by atoms with van der Waals surface area (Å²) in [4.78, 5) is 11.4. The molecular formula is C12H13FN2O2. The zero-order valence-corrected chi connectivity index (χ0v) is 9.44. The molecule has 1 aromatic heterocycles. The van der Waals surface area contributed by atoms with Gasteiger partial charge in [0.25, 0.3) is 0 Å². The molecular weight excluding hydrogens is 223 g/mol. The topological polar surface area (TPSA) is 55.0 Å². The summed E-state index contributed by atoms with van der Waals surface area (Å²) in [7, 11) is 0. The molecule has 0 saturated heterocycles. The van der Waals surface area contributed by atoms with Crippen LogP contribution in [-0.4, -0.2) is 28.9 Å². The van der Waals surface area contributed by atoms with Crippen molar-refractivity contribution in [3.63, 3.8) is 0 Å². The molecule has 0 bridgehead atoms. The first-order chi connectivity index (χ1) is 8.20. The summed E-state index contributed by atoms with van der Waals surface area (Å²) in [6.07, 6.45) is 4.32. The Morgan fingerprint density at radius 3 is 3.18 bits per heavy atom. The number of ether oxygens (including phenoxy) is 1. The summed E-state index contributed by atoms with van der Waals surface area (Å²) >= 11 is 0. The monoisotopic (exact) mass is 236 g/mol. The molecule has 1 heterocycles. The van der Waals surface area contributed by atoms with Crippen LogP contribution in [0.5, 0.6) is 0 Å². The van der Waals surface area contributed by atoms with Gasteiger partial charge in [-0.2, -0.15) is 5.10 Å². The Morgan fingerprint density at radius 1 is 1.71 bits per heavy atom. The number of hydrogen-bond donors (Lipinski definition) is 1. The number of esters is 1. The van der Waals surface area contributed by atoms with Gasteiger partial charge in [0.2, 0.25) is 0 Å². The molecule has 0 spiro atoms. The fourth-order valence-corrected chi connectivity index (χ4v) is 1.57. The molecule has 90 valence electrons. The van der Waals surface area contributed by atoms with Gasteiger partial charge in [0, 0.05) is 6.42 Å². The zero-order valence-electron chi connectivity index (χ0n) is 9.44. The van der Waals surface area contributed by atoms with Crippen LogP contribution < -0.4 is 0 Å². The van der Waals surface area contributed by atoms with Crippen LogP contribution >= 0.6 is 0 Å². The Balaban J connectivity index is 2.14. The predicted molar refractivity (Wildman–Crippen MR) is 61.2 cm³/mol. The largest absolute Gasteiger partial charge is 0.461 e. The number of allylic oxidation sites excluding steroid dienone is 4. The van der Waals surface area contributed by atoms with Crippen LogP contribution in [0.2, 0.25) is 0 Å². The number of halogens is 1. The third-order valence-electron chi connectivity index (χ3n) is 2.42. The lowest BCUT2D eigenvalue weighted by atomic mass is 10.0. The van der Waals surface area contributed by atoms with Crippen molar-refractivity contribution in [1.29, 1.82) is 0 Å². The van der Waals surface area contributed by atoms with E-state index >= 15 is 0 Å². The number of carbonyl (C=O) groups is 1. The maximum atomic E-state index is 12.9. The number of nitrogens with one attached hydrogen (secondary N) is 1. The lowest BCUT2D eigenvalue weighted by Crippen LogP contribution is -2.04. The molecule has 0 saturated carbocycles. The Bertz CT molecular complexity index is 477. The first-order valence-electron chi connectivity index (χ1n) is 5.46. The normalized spacial score (nSPS) is 18.9. The lowest BCUT2D eigenvalue weighted by Gasteiger charge is -2.06. The maximum absolute atomic E-state index is 12.9. The number of rotatable bonds is 3. The van der Waals surface area contributed by atoms with Gasteiger partial charge in [-0.15, -0.1) is 0 Å². The van der Waals surface area contributed by atoms with Crippen molar-refractivity contribution in [2.75, 3.05) is 6.61 Å². The summed E-state index contributed by atoms with van der Waals surface area (Å²) in [5.74, 6) is -0.435. The SMILES string of the molecule is CCOC(=O)c1cc(C2=CCC(F)C=C2)n[nH]1. The summed E-state index contributed by atoms with van der Waals surface area (Å²) < 4.78 is 17.7. The standard InChI is InChI=1S/C12H13FN2O2/c1-2-17-12(16)11-7-10(14-15-11)8-3-5-9(13)6-4-8/h3-5,7,9H,2,6H2,1H3,(H,14,15). The predicted octanol–water partition coefficient (Wildman–Crippen LogP) is 2.27. The Morgan fingerprint density at radius 2 is 2.53 bits per heavy atom. The number of aromatic nitrogens is 2. The van der Waals surface area contributed by atoms with Crippen LogP contribution in [0.4, 0.5) is 4.39 Å². The number of H-pyrrole nitrogens is 1.